The van der Waals surface area contributed by atoms with Gasteiger partial charge in [-0.05, 0) is 109 Å². The van der Waals surface area contributed by atoms with Gasteiger partial charge < -0.3 is 18.9 Å². The second-order valence-electron chi connectivity index (χ2n) is 15.3. The Morgan fingerprint density at radius 3 is 1.18 bits per heavy atom. The highest BCUT2D eigenvalue weighted by atomic mass is 16.5. The average molecular weight is 763 g/mol. The molecule has 0 aromatic heterocycles. The summed E-state index contributed by atoms with van der Waals surface area (Å²) < 4.78 is 25.2. The first-order chi connectivity index (χ1) is 27.9. The maximum Gasteiger partial charge on any atom is 0.338 e. The van der Waals surface area contributed by atoms with E-state index in [4.69, 9.17) is 18.9 Å². The van der Waals surface area contributed by atoms with Gasteiger partial charge in [0.05, 0.1) is 24.3 Å². The van der Waals surface area contributed by atoms with Crippen molar-refractivity contribution in [3.8, 4) is 23.0 Å². The molecule has 0 unspecified atom stereocenters. The van der Waals surface area contributed by atoms with E-state index in [1.807, 2.05) is 111 Å². The highest BCUT2D eigenvalue weighted by molar-refractivity contribution is 6.37. The van der Waals surface area contributed by atoms with Crippen LogP contribution in [-0.4, -0.2) is 25.2 Å². The third-order valence-electron chi connectivity index (χ3n) is 11.0. The van der Waals surface area contributed by atoms with Gasteiger partial charge in [0.25, 0.3) is 0 Å². The monoisotopic (exact) mass is 762 g/mol. The molecule has 6 heteroatoms. The zero-order valence-corrected chi connectivity index (χ0v) is 33.9. The fourth-order valence-electron chi connectivity index (χ4n) is 7.87. The van der Waals surface area contributed by atoms with Crippen molar-refractivity contribution in [2.75, 3.05) is 13.2 Å². The molecule has 7 rings (SSSR count). The summed E-state index contributed by atoms with van der Waals surface area (Å²) in [5, 5.41) is 6.70. The number of fused-ring (bicyclic) bond motifs is 2. The molecule has 0 N–H and O–H groups in total. The second kappa shape index (κ2) is 18.5. The van der Waals surface area contributed by atoms with Crippen LogP contribution in [0.15, 0.2) is 97.1 Å². The van der Waals surface area contributed by atoms with E-state index in [1.54, 1.807) is 0 Å². The first-order valence-electron chi connectivity index (χ1n) is 20.9. The Balaban J connectivity index is 1.40. The molecule has 7 aromatic rings. The van der Waals surface area contributed by atoms with Gasteiger partial charge in [-0.1, -0.05) is 119 Å². The van der Waals surface area contributed by atoms with Gasteiger partial charge in [0.1, 0.15) is 23.0 Å². The fourth-order valence-corrected chi connectivity index (χ4v) is 7.87. The largest absolute Gasteiger partial charge is 0.462 e. The number of carbonyl (C=O) groups excluding carboxylic acids is 2. The van der Waals surface area contributed by atoms with Crippen molar-refractivity contribution in [3.05, 3.63) is 119 Å². The van der Waals surface area contributed by atoms with Crippen LogP contribution in [0.4, 0.5) is 0 Å². The number of esters is 2. The average Bonchev–Trinajstić information content (AvgIpc) is 3.22. The van der Waals surface area contributed by atoms with Gasteiger partial charge in [0, 0.05) is 21.5 Å². The molecule has 0 fully saturated rings. The van der Waals surface area contributed by atoms with Gasteiger partial charge in [-0.25, -0.2) is 9.59 Å². The lowest BCUT2D eigenvalue weighted by Crippen LogP contribution is -2.08. The van der Waals surface area contributed by atoms with E-state index in [0.29, 0.717) is 47.3 Å². The molecule has 0 aliphatic heterocycles. The molecule has 0 saturated carbocycles. The maximum absolute atomic E-state index is 13.9. The summed E-state index contributed by atoms with van der Waals surface area (Å²) in [6.07, 6.45) is 12.0. The van der Waals surface area contributed by atoms with E-state index < -0.39 is 0 Å². The Bertz CT molecular complexity index is 2460. The fraction of sp³-hybridized carbons (Fsp3) is 0.333. The van der Waals surface area contributed by atoms with Crippen molar-refractivity contribution >= 4 is 55.0 Å². The van der Waals surface area contributed by atoms with Crippen LogP contribution in [0.3, 0.4) is 0 Å². The van der Waals surface area contributed by atoms with E-state index in [-0.39, 0.29) is 11.9 Å². The highest BCUT2D eigenvalue weighted by Gasteiger charge is 2.25. The third kappa shape index (κ3) is 8.86. The summed E-state index contributed by atoms with van der Waals surface area (Å²) in [5.74, 6) is 1.99. The van der Waals surface area contributed by atoms with Gasteiger partial charge in [0.15, 0.2) is 0 Å². The molecule has 0 radical (unpaired) electrons. The molecule has 0 aliphatic rings. The number of benzene rings is 7. The summed E-state index contributed by atoms with van der Waals surface area (Å²) in [7, 11) is 0. The predicted molar refractivity (Wildman–Crippen MR) is 233 cm³/mol. The van der Waals surface area contributed by atoms with Gasteiger partial charge in [-0.15, -0.1) is 0 Å². The van der Waals surface area contributed by atoms with E-state index in [1.165, 1.54) is 25.7 Å². The Labute approximate surface area is 336 Å². The molecule has 6 nitrogen and oxygen atoms in total. The van der Waals surface area contributed by atoms with Crippen molar-refractivity contribution in [2.45, 2.75) is 98.3 Å². The van der Waals surface area contributed by atoms with E-state index >= 15 is 0 Å². The van der Waals surface area contributed by atoms with E-state index in [0.717, 1.165) is 99.2 Å². The molecule has 0 bridgehead atoms. The van der Waals surface area contributed by atoms with Crippen molar-refractivity contribution in [2.24, 2.45) is 0 Å². The predicted octanol–water partition coefficient (Wildman–Crippen LogP) is 14.6. The van der Waals surface area contributed by atoms with Crippen LogP contribution in [0, 0.1) is 13.8 Å². The number of carbonyl (C=O) groups is 2. The Kier molecular flexibility index (Phi) is 12.9. The minimum Gasteiger partial charge on any atom is -0.462 e. The first-order valence-corrected chi connectivity index (χ1v) is 20.9. The van der Waals surface area contributed by atoms with Crippen LogP contribution in [0.5, 0.6) is 23.0 Å². The highest BCUT2D eigenvalue weighted by Crippen LogP contribution is 2.49. The van der Waals surface area contributed by atoms with Crippen LogP contribution in [-0.2, 0) is 9.47 Å². The maximum atomic E-state index is 13.9. The standard InChI is InChI=1S/C51H54O6/c1-5-7-9-11-13-15-33-55-51(53)41-25-27-43-47-39(41)29-31-45(57-37-22-18-35(4)19-23-37)49(47)42-26-24-40(50(52)54-32-14-12-10-8-6-2)38-28-30-44(48(43)46(38)42)56-36-20-16-34(3)17-21-36/h16-31H,5-15,32-33H2,1-4H3. The SMILES string of the molecule is CCCCCCCCOC(=O)c1ccc2c3c(Oc4ccc(C)cc4)ccc4c(C(=O)OCCCCCCC)ccc(c5c(Oc6ccc(C)cc6)ccc1c25)c43. The number of hydrogen-bond donors (Lipinski definition) is 0. The lowest BCUT2D eigenvalue weighted by molar-refractivity contribution is 0.0490. The Hall–Kier alpha value is -5.62. The molecule has 0 amide bonds. The molecule has 57 heavy (non-hydrogen) atoms. The van der Waals surface area contributed by atoms with Crippen molar-refractivity contribution < 1.29 is 28.5 Å². The van der Waals surface area contributed by atoms with Gasteiger partial charge in [-0.3, -0.25) is 0 Å². The first kappa shape index (κ1) is 39.6. The number of hydrogen-bond acceptors (Lipinski definition) is 6. The molecule has 0 heterocycles. The zero-order chi connectivity index (χ0) is 39.7. The molecule has 0 aliphatic carbocycles. The zero-order valence-electron chi connectivity index (χ0n) is 33.9. The molecule has 0 atom stereocenters. The summed E-state index contributed by atoms with van der Waals surface area (Å²) in [6.45, 7) is 9.25. The minimum absolute atomic E-state index is 0.346. The van der Waals surface area contributed by atoms with E-state index in [2.05, 4.69) is 13.8 Å². The van der Waals surface area contributed by atoms with Gasteiger partial charge in [-0.2, -0.15) is 0 Å². The molecular weight excluding hydrogens is 709 g/mol. The molecule has 0 saturated heterocycles. The number of unbranched alkanes of at least 4 members (excludes halogenated alkanes) is 9. The molecule has 294 valence electrons. The van der Waals surface area contributed by atoms with Gasteiger partial charge >= 0.3 is 11.9 Å². The van der Waals surface area contributed by atoms with Crippen molar-refractivity contribution in [1.29, 1.82) is 0 Å². The molecular formula is C51H54O6. The lowest BCUT2D eigenvalue weighted by Gasteiger charge is -2.21. The Morgan fingerprint density at radius 1 is 0.404 bits per heavy atom. The number of rotatable bonds is 19. The van der Waals surface area contributed by atoms with E-state index in [9.17, 15) is 9.59 Å². The van der Waals surface area contributed by atoms with Crippen molar-refractivity contribution in [1.82, 2.24) is 0 Å². The second-order valence-corrected chi connectivity index (χ2v) is 15.3. The van der Waals surface area contributed by atoms with Crippen LogP contribution in [0.1, 0.15) is 116 Å². The molecule has 7 aromatic carbocycles. The summed E-state index contributed by atoms with van der Waals surface area (Å²) in [6, 6.07) is 31.5. The van der Waals surface area contributed by atoms with Gasteiger partial charge in [0.2, 0.25) is 0 Å². The van der Waals surface area contributed by atoms with Crippen LogP contribution in [0.25, 0.3) is 43.1 Å². The van der Waals surface area contributed by atoms with Crippen LogP contribution < -0.4 is 9.47 Å². The topological polar surface area (TPSA) is 71.1 Å². The van der Waals surface area contributed by atoms with Crippen LogP contribution in [0.2, 0.25) is 0 Å². The molecule has 0 spiro atoms. The van der Waals surface area contributed by atoms with Crippen LogP contribution >= 0.6 is 0 Å². The quantitative estimate of drug-likeness (QED) is 0.0354. The summed E-state index contributed by atoms with van der Waals surface area (Å²) >= 11 is 0. The smallest absolute Gasteiger partial charge is 0.338 e. The number of ether oxygens (including phenoxy) is 4. The lowest BCUT2D eigenvalue weighted by atomic mass is 9.86. The number of aryl methyl sites for hydroxylation is 2. The van der Waals surface area contributed by atoms with Crippen molar-refractivity contribution in [3.63, 3.8) is 0 Å². The normalized spacial score (nSPS) is 11.5. The summed E-state index contributed by atoms with van der Waals surface area (Å²) in [4.78, 5) is 27.7. The minimum atomic E-state index is -0.348. The summed E-state index contributed by atoms with van der Waals surface area (Å²) in [5.41, 5.74) is 3.26. The third-order valence-corrected chi connectivity index (χ3v) is 11.0. The Morgan fingerprint density at radius 2 is 0.772 bits per heavy atom.